The lowest BCUT2D eigenvalue weighted by Crippen LogP contribution is -2.24. The molecule has 2 aliphatic rings. The molecule has 0 saturated heterocycles. The molecule has 0 bridgehead atoms. The molecule has 0 aromatic heterocycles. The fraction of sp³-hybridized carbons (Fsp3) is 0.200. The van der Waals surface area contributed by atoms with E-state index in [1.165, 1.54) is 56.8 Å². The molecule has 0 radical (unpaired) electrons. The van der Waals surface area contributed by atoms with Crippen LogP contribution in [0.1, 0.15) is 25.3 Å². The summed E-state index contributed by atoms with van der Waals surface area (Å²) in [6, 6.07) is 15.7. The first-order chi connectivity index (χ1) is 9.86. The molecule has 0 N–H and O–H groups in total. The highest BCUT2D eigenvalue weighted by molar-refractivity contribution is 6.18. The molecule has 0 nitrogen and oxygen atoms in total. The zero-order valence-corrected chi connectivity index (χ0v) is 11.8. The molecule has 0 atom stereocenters. The van der Waals surface area contributed by atoms with Gasteiger partial charge >= 0.3 is 0 Å². The standard InChI is InChI=1S/C20H18/c1-2-3-6-14-9-10-16-13-19-17-8-5-4-7-15(17)12-20(19)18(16)11-14/h4-5,7-13H,2-3,6H2,1H3. The molecular formula is C20H18. The number of benzene rings is 2. The first-order valence-electron chi connectivity index (χ1n) is 7.53. The highest BCUT2D eigenvalue weighted by atomic mass is 14.2. The van der Waals surface area contributed by atoms with Crippen molar-refractivity contribution in [3.63, 3.8) is 0 Å². The molecular weight excluding hydrogens is 240 g/mol. The molecule has 0 heterocycles. The highest BCUT2D eigenvalue weighted by Gasteiger charge is 2.14. The summed E-state index contributed by atoms with van der Waals surface area (Å²) < 4.78 is 0. The van der Waals surface area contributed by atoms with Crippen LogP contribution in [0.3, 0.4) is 0 Å². The van der Waals surface area contributed by atoms with E-state index >= 15 is 0 Å². The Kier molecular flexibility index (Phi) is 2.63. The monoisotopic (exact) mass is 258 g/mol. The third-order valence-corrected chi connectivity index (χ3v) is 4.37. The van der Waals surface area contributed by atoms with Crippen molar-refractivity contribution in [3.05, 3.63) is 68.9 Å². The molecule has 0 unspecified atom stereocenters. The van der Waals surface area contributed by atoms with E-state index in [-0.39, 0.29) is 0 Å². The van der Waals surface area contributed by atoms with Crippen LogP contribution in [0.25, 0.3) is 23.3 Å². The number of rotatable bonds is 3. The molecule has 2 aromatic carbocycles. The predicted molar refractivity (Wildman–Crippen MR) is 85.7 cm³/mol. The number of unbranched alkanes of at least 4 members (excludes halogenated alkanes) is 1. The van der Waals surface area contributed by atoms with Gasteiger partial charge in [-0.2, -0.15) is 0 Å². The molecule has 98 valence electrons. The Hall–Kier alpha value is -2.08. The summed E-state index contributed by atoms with van der Waals surface area (Å²) in [6.45, 7) is 2.25. The highest BCUT2D eigenvalue weighted by Crippen LogP contribution is 2.18. The summed E-state index contributed by atoms with van der Waals surface area (Å²) in [5, 5.41) is 5.54. The van der Waals surface area contributed by atoms with E-state index in [0.29, 0.717) is 0 Å². The summed E-state index contributed by atoms with van der Waals surface area (Å²) in [5.74, 6) is 0. The minimum atomic E-state index is 1.19. The van der Waals surface area contributed by atoms with Gasteiger partial charge in [-0.3, -0.25) is 0 Å². The minimum absolute atomic E-state index is 1.19. The van der Waals surface area contributed by atoms with Crippen LogP contribution in [0.5, 0.6) is 0 Å². The number of aryl methyl sites for hydroxylation is 1. The summed E-state index contributed by atoms with van der Waals surface area (Å²) in [6.07, 6.45) is 8.42. The first-order valence-corrected chi connectivity index (χ1v) is 7.53. The van der Waals surface area contributed by atoms with Gasteiger partial charge < -0.3 is 0 Å². The number of hydrogen-bond acceptors (Lipinski definition) is 0. The van der Waals surface area contributed by atoms with Crippen LogP contribution < -0.4 is 20.9 Å². The second-order valence-electron chi connectivity index (χ2n) is 5.73. The van der Waals surface area contributed by atoms with Gasteiger partial charge in [0.25, 0.3) is 0 Å². The molecule has 0 spiro atoms. The van der Waals surface area contributed by atoms with Crippen molar-refractivity contribution in [2.45, 2.75) is 26.2 Å². The van der Waals surface area contributed by atoms with Crippen molar-refractivity contribution < 1.29 is 0 Å². The smallest absolute Gasteiger partial charge is 0.00927 e. The van der Waals surface area contributed by atoms with Gasteiger partial charge in [-0.25, -0.2) is 0 Å². The molecule has 0 heteroatoms. The van der Waals surface area contributed by atoms with E-state index in [4.69, 9.17) is 0 Å². The third-order valence-electron chi connectivity index (χ3n) is 4.37. The molecule has 0 amide bonds. The number of fused-ring (bicyclic) bond motifs is 3. The van der Waals surface area contributed by atoms with Gasteiger partial charge in [0.15, 0.2) is 0 Å². The Morgan fingerprint density at radius 1 is 0.800 bits per heavy atom. The van der Waals surface area contributed by atoms with E-state index in [1.807, 2.05) is 0 Å². The van der Waals surface area contributed by atoms with Crippen molar-refractivity contribution >= 4 is 23.3 Å². The first kappa shape index (κ1) is 11.7. The molecule has 2 aromatic rings. The van der Waals surface area contributed by atoms with Gasteiger partial charge in [-0.1, -0.05) is 55.8 Å². The molecule has 0 fully saturated rings. The van der Waals surface area contributed by atoms with E-state index in [2.05, 4.69) is 61.5 Å². The van der Waals surface area contributed by atoms with Gasteiger partial charge in [0.1, 0.15) is 0 Å². The molecule has 0 aliphatic heterocycles. The van der Waals surface area contributed by atoms with Crippen LogP contribution in [-0.4, -0.2) is 0 Å². The van der Waals surface area contributed by atoms with Gasteiger partial charge in [-0.15, -0.1) is 0 Å². The quantitative estimate of drug-likeness (QED) is 0.785. The topological polar surface area (TPSA) is 0 Å². The van der Waals surface area contributed by atoms with Crippen LogP contribution in [0.4, 0.5) is 0 Å². The van der Waals surface area contributed by atoms with Crippen molar-refractivity contribution in [2.75, 3.05) is 0 Å². The minimum Gasteiger partial charge on any atom is -0.0654 e. The summed E-state index contributed by atoms with van der Waals surface area (Å²) in [4.78, 5) is 0. The lowest BCUT2D eigenvalue weighted by molar-refractivity contribution is 0.794. The second kappa shape index (κ2) is 4.49. The summed E-state index contributed by atoms with van der Waals surface area (Å²) >= 11 is 0. The molecule has 2 aliphatic carbocycles. The van der Waals surface area contributed by atoms with Crippen LogP contribution >= 0.6 is 0 Å². The van der Waals surface area contributed by atoms with Crippen molar-refractivity contribution in [1.29, 1.82) is 0 Å². The maximum Gasteiger partial charge on any atom is -0.00927 e. The van der Waals surface area contributed by atoms with Crippen molar-refractivity contribution in [3.8, 4) is 0 Å². The Morgan fingerprint density at radius 3 is 2.40 bits per heavy atom. The third kappa shape index (κ3) is 1.68. The Bertz CT molecular complexity index is 927. The van der Waals surface area contributed by atoms with Crippen LogP contribution in [-0.2, 0) is 6.42 Å². The second-order valence-corrected chi connectivity index (χ2v) is 5.73. The van der Waals surface area contributed by atoms with Gasteiger partial charge in [0.2, 0.25) is 0 Å². The average Bonchev–Trinajstić information content (AvgIpc) is 3.01. The van der Waals surface area contributed by atoms with E-state index in [0.717, 1.165) is 0 Å². The van der Waals surface area contributed by atoms with Crippen LogP contribution in [0.15, 0.2) is 42.5 Å². The normalized spacial score (nSPS) is 14.4. The van der Waals surface area contributed by atoms with Gasteiger partial charge in [-0.05, 0) is 62.6 Å². The van der Waals surface area contributed by atoms with Crippen molar-refractivity contribution in [1.82, 2.24) is 0 Å². The van der Waals surface area contributed by atoms with Crippen LogP contribution in [0.2, 0.25) is 0 Å². The summed E-state index contributed by atoms with van der Waals surface area (Å²) in [7, 11) is 0. The zero-order chi connectivity index (χ0) is 13.5. The largest absolute Gasteiger partial charge is 0.0654 e. The van der Waals surface area contributed by atoms with E-state index < -0.39 is 0 Å². The lowest BCUT2D eigenvalue weighted by atomic mass is 10.1. The Balaban J connectivity index is 1.97. The summed E-state index contributed by atoms with van der Waals surface area (Å²) in [5.41, 5.74) is 4.29. The SMILES string of the molecule is CCCCc1ccc2c(c1)=C1C=c3ccccc3=C1C=2. The van der Waals surface area contributed by atoms with Gasteiger partial charge in [0.05, 0.1) is 0 Å². The predicted octanol–water partition coefficient (Wildman–Crippen LogP) is 1.62. The number of hydrogen-bond donors (Lipinski definition) is 0. The average molecular weight is 258 g/mol. The van der Waals surface area contributed by atoms with E-state index in [1.54, 1.807) is 0 Å². The van der Waals surface area contributed by atoms with Crippen LogP contribution in [0, 0.1) is 0 Å². The fourth-order valence-corrected chi connectivity index (χ4v) is 3.28. The Labute approximate surface area is 119 Å². The maximum atomic E-state index is 2.40. The molecule has 4 rings (SSSR count). The van der Waals surface area contributed by atoms with Crippen molar-refractivity contribution in [2.24, 2.45) is 0 Å². The lowest BCUT2D eigenvalue weighted by Gasteiger charge is -1.99. The van der Waals surface area contributed by atoms with Gasteiger partial charge in [0, 0.05) is 0 Å². The Morgan fingerprint density at radius 2 is 1.55 bits per heavy atom. The molecule has 20 heavy (non-hydrogen) atoms. The van der Waals surface area contributed by atoms with E-state index in [9.17, 15) is 0 Å². The maximum absolute atomic E-state index is 2.40. The zero-order valence-electron chi connectivity index (χ0n) is 11.8. The molecule has 0 saturated carbocycles. The fourth-order valence-electron chi connectivity index (χ4n) is 3.28.